The molecule has 0 bridgehead atoms. The largest absolute Gasteiger partial charge is 0.338 e. The van der Waals surface area contributed by atoms with Crippen LogP contribution in [0.15, 0.2) is 35.7 Å². The molecule has 1 fully saturated rings. The lowest BCUT2D eigenvalue weighted by molar-refractivity contribution is 0.186. The molecule has 1 aromatic carbocycles. The van der Waals surface area contributed by atoms with Gasteiger partial charge in [0.05, 0.1) is 10.7 Å². The number of benzene rings is 1. The second-order valence-electron chi connectivity index (χ2n) is 8.56. The van der Waals surface area contributed by atoms with Crippen molar-refractivity contribution in [1.82, 2.24) is 20.5 Å². The minimum Gasteiger partial charge on any atom is -0.338 e. The molecule has 1 aliphatic rings. The maximum atomic E-state index is 12.2. The molecule has 6 heteroatoms. The van der Waals surface area contributed by atoms with Crippen LogP contribution in [0.3, 0.4) is 0 Å². The highest BCUT2D eigenvalue weighted by molar-refractivity contribution is 7.09. The Bertz CT molecular complexity index is 745. The molecule has 2 aromatic rings. The van der Waals surface area contributed by atoms with E-state index >= 15 is 0 Å². The van der Waals surface area contributed by atoms with Gasteiger partial charge in [-0.1, -0.05) is 51.1 Å². The molecular weight excluding hydrogens is 368 g/mol. The minimum atomic E-state index is -0.0610. The fourth-order valence-corrected chi connectivity index (χ4v) is 4.39. The molecule has 0 unspecified atom stereocenters. The summed E-state index contributed by atoms with van der Waals surface area (Å²) in [5, 5.41) is 9.31. The van der Waals surface area contributed by atoms with E-state index in [-0.39, 0.29) is 17.5 Å². The van der Waals surface area contributed by atoms with Gasteiger partial charge in [-0.15, -0.1) is 11.3 Å². The Kier molecular flexibility index (Phi) is 7.08. The van der Waals surface area contributed by atoms with Crippen molar-refractivity contribution in [2.24, 2.45) is 0 Å². The number of rotatable bonds is 6. The summed E-state index contributed by atoms with van der Waals surface area (Å²) < 4.78 is 0. The molecule has 0 atom stereocenters. The Morgan fingerprint density at radius 1 is 1.21 bits per heavy atom. The molecule has 28 heavy (non-hydrogen) atoms. The predicted octanol–water partition coefficient (Wildman–Crippen LogP) is 3.95. The third-order valence-corrected chi connectivity index (χ3v) is 6.02. The predicted molar refractivity (Wildman–Crippen MR) is 116 cm³/mol. The van der Waals surface area contributed by atoms with Crippen LogP contribution in [-0.2, 0) is 18.4 Å². The van der Waals surface area contributed by atoms with Gasteiger partial charge in [0.25, 0.3) is 0 Å². The molecule has 3 rings (SSSR count). The van der Waals surface area contributed by atoms with E-state index in [1.54, 1.807) is 11.3 Å². The Hall–Kier alpha value is -1.92. The van der Waals surface area contributed by atoms with Crippen LogP contribution in [0.1, 0.15) is 49.9 Å². The molecule has 2 amide bonds. The number of amides is 2. The van der Waals surface area contributed by atoms with Gasteiger partial charge >= 0.3 is 6.03 Å². The van der Waals surface area contributed by atoms with Crippen molar-refractivity contribution in [1.29, 1.82) is 0 Å². The first-order valence-electron chi connectivity index (χ1n) is 10.2. The summed E-state index contributed by atoms with van der Waals surface area (Å²) in [6.45, 7) is 10.2. The molecule has 0 aliphatic carbocycles. The zero-order chi connectivity index (χ0) is 20.0. The average molecular weight is 401 g/mol. The summed E-state index contributed by atoms with van der Waals surface area (Å²) in [4.78, 5) is 19.3. The summed E-state index contributed by atoms with van der Waals surface area (Å²) in [5.74, 6) is 0. The second kappa shape index (κ2) is 9.52. The van der Waals surface area contributed by atoms with E-state index in [4.69, 9.17) is 0 Å². The normalized spacial score (nSPS) is 16.1. The summed E-state index contributed by atoms with van der Waals surface area (Å²) >= 11 is 1.68. The van der Waals surface area contributed by atoms with Crippen molar-refractivity contribution in [3.8, 4) is 0 Å². The van der Waals surface area contributed by atoms with Crippen LogP contribution in [-0.4, -0.2) is 41.6 Å². The lowest BCUT2D eigenvalue weighted by Crippen LogP contribution is -2.48. The molecule has 0 saturated carbocycles. The Balaban J connectivity index is 1.33. The Morgan fingerprint density at radius 3 is 2.57 bits per heavy atom. The number of nitrogens with zero attached hydrogens (tertiary/aromatic N) is 2. The van der Waals surface area contributed by atoms with E-state index in [0.29, 0.717) is 6.54 Å². The fraction of sp³-hybridized carbons (Fsp3) is 0.545. The van der Waals surface area contributed by atoms with Crippen molar-refractivity contribution in [3.05, 3.63) is 52.0 Å². The third-order valence-electron chi connectivity index (χ3n) is 5.12. The SMILES string of the molecule is CC(C)(C)c1csc(CCNC(=O)NC2CCN(Cc3ccccc3)CC2)n1. The summed E-state index contributed by atoms with van der Waals surface area (Å²) in [6.07, 6.45) is 2.78. The maximum absolute atomic E-state index is 12.2. The molecule has 2 heterocycles. The summed E-state index contributed by atoms with van der Waals surface area (Å²) in [6, 6.07) is 10.8. The van der Waals surface area contributed by atoms with Crippen molar-refractivity contribution in [2.45, 2.75) is 58.0 Å². The topological polar surface area (TPSA) is 57.3 Å². The van der Waals surface area contributed by atoms with E-state index in [1.807, 2.05) is 0 Å². The summed E-state index contributed by atoms with van der Waals surface area (Å²) in [5.41, 5.74) is 2.55. The van der Waals surface area contributed by atoms with Gasteiger partial charge in [-0.05, 0) is 18.4 Å². The van der Waals surface area contributed by atoms with Gasteiger partial charge < -0.3 is 10.6 Å². The van der Waals surface area contributed by atoms with E-state index in [1.165, 1.54) is 5.56 Å². The van der Waals surface area contributed by atoms with Gasteiger partial charge in [-0.25, -0.2) is 9.78 Å². The number of carbonyl (C=O) groups is 1. The van der Waals surface area contributed by atoms with E-state index in [0.717, 1.165) is 49.6 Å². The van der Waals surface area contributed by atoms with Crippen LogP contribution in [0.25, 0.3) is 0 Å². The fourth-order valence-electron chi connectivity index (χ4n) is 3.37. The van der Waals surface area contributed by atoms with Crippen molar-refractivity contribution < 1.29 is 4.79 Å². The Morgan fingerprint density at radius 2 is 1.93 bits per heavy atom. The zero-order valence-electron chi connectivity index (χ0n) is 17.2. The summed E-state index contributed by atoms with van der Waals surface area (Å²) in [7, 11) is 0. The lowest BCUT2D eigenvalue weighted by Gasteiger charge is -2.32. The van der Waals surface area contributed by atoms with Crippen LogP contribution in [0, 0.1) is 0 Å². The lowest BCUT2D eigenvalue weighted by atomic mass is 9.93. The molecule has 1 aliphatic heterocycles. The highest BCUT2D eigenvalue weighted by atomic mass is 32.1. The molecule has 0 radical (unpaired) electrons. The minimum absolute atomic E-state index is 0.0610. The molecule has 152 valence electrons. The van der Waals surface area contributed by atoms with E-state index in [9.17, 15) is 4.79 Å². The number of carbonyl (C=O) groups excluding carboxylic acids is 1. The van der Waals surface area contributed by atoms with Crippen molar-refractivity contribution in [3.63, 3.8) is 0 Å². The molecule has 2 N–H and O–H groups in total. The van der Waals surface area contributed by atoms with Crippen LogP contribution in [0.5, 0.6) is 0 Å². The van der Waals surface area contributed by atoms with E-state index in [2.05, 4.69) is 77.0 Å². The molecular formula is C22H32N4OS. The standard InChI is InChI=1S/C22H32N4OS/c1-22(2,3)19-16-28-20(25-19)9-12-23-21(27)24-18-10-13-26(14-11-18)15-17-7-5-4-6-8-17/h4-8,16,18H,9-15H2,1-3H3,(H2,23,24,27). The van der Waals surface area contributed by atoms with Gasteiger partial charge in [0.1, 0.15) is 0 Å². The van der Waals surface area contributed by atoms with Crippen LogP contribution < -0.4 is 10.6 Å². The highest BCUT2D eigenvalue weighted by Gasteiger charge is 2.21. The number of nitrogens with one attached hydrogen (secondary N) is 2. The second-order valence-corrected chi connectivity index (χ2v) is 9.51. The molecule has 5 nitrogen and oxygen atoms in total. The third kappa shape index (κ3) is 6.31. The monoisotopic (exact) mass is 400 g/mol. The number of hydrogen-bond donors (Lipinski definition) is 2. The van der Waals surface area contributed by atoms with Crippen molar-refractivity contribution >= 4 is 17.4 Å². The van der Waals surface area contributed by atoms with Crippen LogP contribution in [0.2, 0.25) is 0 Å². The zero-order valence-corrected chi connectivity index (χ0v) is 18.0. The first-order chi connectivity index (χ1) is 13.4. The van der Waals surface area contributed by atoms with E-state index < -0.39 is 0 Å². The van der Waals surface area contributed by atoms with Gasteiger partial charge in [0.2, 0.25) is 0 Å². The highest BCUT2D eigenvalue weighted by Crippen LogP contribution is 2.23. The molecule has 0 spiro atoms. The van der Waals surface area contributed by atoms with Crippen LogP contribution >= 0.6 is 11.3 Å². The van der Waals surface area contributed by atoms with Gasteiger partial charge in [0, 0.05) is 49.4 Å². The van der Waals surface area contributed by atoms with Gasteiger partial charge in [-0.2, -0.15) is 0 Å². The number of thiazole rings is 1. The quantitative estimate of drug-likeness (QED) is 0.772. The number of likely N-dealkylation sites (tertiary alicyclic amines) is 1. The van der Waals surface area contributed by atoms with Crippen molar-refractivity contribution in [2.75, 3.05) is 19.6 Å². The number of piperidine rings is 1. The number of urea groups is 1. The van der Waals surface area contributed by atoms with Gasteiger partial charge in [0.15, 0.2) is 0 Å². The number of aromatic nitrogens is 1. The Labute approximate surface area is 172 Å². The van der Waals surface area contributed by atoms with Crippen LogP contribution in [0.4, 0.5) is 4.79 Å². The first kappa shape index (κ1) is 20.8. The smallest absolute Gasteiger partial charge is 0.315 e. The molecule has 1 saturated heterocycles. The maximum Gasteiger partial charge on any atom is 0.315 e. The first-order valence-corrected chi connectivity index (χ1v) is 11.0. The number of hydrogen-bond acceptors (Lipinski definition) is 4. The molecule has 1 aromatic heterocycles. The van der Waals surface area contributed by atoms with Gasteiger partial charge in [-0.3, -0.25) is 4.90 Å². The average Bonchev–Trinajstić information content (AvgIpc) is 3.14.